The number of nitrogens with one attached hydrogen (secondary N) is 2. The van der Waals surface area contributed by atoms with Gasteiger partial charge in [-0.05, 0) is 67.4 Å². The van der Waals surface area contributed by atoms with Gasteiger partial charge in [-0.1, -0.05) is 43.5 Å². The number of hydrogen-bond acceptors (Lipinski definition) is 5. The molecule has 3 heterocycles. The lowest BCUT2D eigenvalue weighted by atomic mass is 9.96. The summed E-state index contributed by atoms with van der Waals surface area (Å²) >= 11 is 0. The highest BCUT2D eigenvalue weighted by atomic mass is 19.1. The quantitative estimate of drug-likeness (QED) is 0.273. The van der Waals surface area contributed by atoms with Crippen molar-refractivity contribution < 1.29 is 4.39 Å². The molecular weight excluding hydrogens is 451 g/mol. The number of para-hydroxylation sites is 1. The lowest BCUT2D eigenvalue weighted by molar-refractivity contribution is 0.461. The second-order valence-electron chi connectivity index (χ2n) is 9.17. The maximum Gasteiger partial charge on any atom is 0.223 e. The maximum absolute atomic E-state index is 13.7. The fourth-order valence-electron chi connectivity index (χ4n) is 4.89. The summed E-state index contributed by atoms with van der Waals surface area (Å²) in [5, 5.41) is 12.0. The number of rotatable bonds is 6. The highest BCUT2D eigenvalue weighted by Gasteiger charge is 2.21. The van der Waals surface area contributed by atoms with Crippen LogP contribution >= 0.6 is 0 Å². The fraction of sp³-hybridized carbons (Fsp3) is 0.207. The van der Waals surface area contributed by atoms with Gasteiger partial charge in [-0.3, -0.25) is 0 Å². The van der Waals surface area contributed by atoms with E-state index in [9.17, 15) is 4.39 Å². The minimum absolute atomic E-state index is 0.281. The first-order valence-electron chi connectivity index (χ1n) is 12.4. The predicted molar refractivity (Wildman–Crippen MR) is 142 cm³/mol. The first-order chi connectivity index (χ1) is 17.7. The van der Waals surface area contributed by atoms with Crippen LogP contribution in [0.2, 0.25) is 0 Å². The summed E-state index contributed by atoms with van der Waals surface area (Å²) in [6.45, 7) is 0. The molecule has 0 amide bonds. The molecule has 5 aromatic rings. The normalized spacial score (nSPS) is 14.1. The van der Waals surface area contributed by atoms with E-state index in [1.807, 2.05) is 59.1 Å². The van der Waals surface area contributed by atoms with Crippen LogP contribution in [0.15, 0.2) is 85.1 Å². The van der Waals surface area contributed by atoms with E-state index in [2.05, 4.69) is 15.6 Å². The Hall–Kier alpha value is -4.26. The average Bonchev–Trinajstić information content (AvgIpc) is 3.31. The third-order valence-electron chi connectivity index (χ3n) is 6.67. The van der Waals surface area contributed by atoms with Crippen LogP contribution < -0.4 is 10.6 Å². The number of hydrogen-bond donors (Lipinski definition) is 2. The van der Waals surface area contributed by atoms with Crippen molar-refractivity contribution in [3.8, 4) is 22.5 Å². The average molecular weight is 479 g/mol. The molecule has 0 saturated heterocycles. The highest BCUT2D eigenvalue weighted by molar-refractivity contribution is 5.91. The largest absolute Gasteiger partial charge is 0.351 e. The van der Waals surface area contributed by atoms with Crippen LogP contribution in [0.3, 0.4) is 0 Å². The zero-order valence-corrected chi connectivity index (χ0v) is 19.9. The zero-order valence-electron chi connectivity index (χ0n) is 19.9. The van der Waals surface area contributed by atoms with E-state index in [1.165, 1.54) is 31.4 Å². The van der Waals surface area contributed by atoms with E-state index in [0.717, 1.165) is 52.4 Å². The first kappa shape index (κ1) is 22.2. The van der Waals surface area contributed by atoms with Crippen molar-refractivity contribution in [2.75, 3.05) is 10.6 Å². The van der Waals surface area contributed by atoms with Crippen LogP contribution in [-0.4, -0.2) is 25.6 Å². The summed E-state index contributed by atoms with van der Waals surface area (Å²) in [4.78, 5) is 9.41. The molecule has 0 unspecified atom stereocenters. The van der Waals surface area contributed by atoms with Crippen molar-refractivity contribution in [3.63, 3.8) is 0 Å². The summed E-state index contributed by atoms with van der Waals surface area (Å²) in [5.41, 5.74) is 5.08. The molecule has 1 aliphatic rings. The third-order valence-corrected chi connectivity index (χ3v) is 6.67. The third kappa shape index (κ3) is 4.52. The molecule has 3 aromatic heterocycles. The van der Waals surface area contributed by atoms with Crippen molar-refractivity contribution in [2.45, 2.75) is 38.1 Å². The van der Waals surface area contributed by atoms with Gasteiger partial charge in [0.25, 0.3) is 0 Å². The molecule has 6 rings (SSSR count). The van der Waals surface area contributed by atoms with E-state index in [1.54, 1.807) is 18.3 Å². The Morgan fingerprint density at radius 1 is 0.833 bits per heavy atom. The minimum Gasteiger partial charge on any atom is -0.351 e. The lowest BCUT2D eigenvalue weighted by Gasteiger charge is -2.22. The summed E-state index contributed by atoms with van der Waals surface area (Å²) < 4.78 is 15.6. The van der Waals surface area contributed by atoms with Gasteiger partial charge in [0.2, 0.25) is 5.95 Å². The van der Waals surface area contributed by atoms with Crippen LogP contribution in [0, 0.1) is 5.82 Å². The molecule has 36 heavy (non-hydrogen) atoms. The summed E-state index contributed by atoms with van der Waals surface area (Å²) in [6, 6.07) is 24.8. The number of pyridine rings is 1. The molecule has 0 bridgehead atoms. The summed E-state index contributed by atoms with van der Waals surface area (Å²) in [6.07, 6.45) is 7.83. The molecule has 0 spiro atoms. The molecule has 2 aromatic carbocycles. The molecule has 2 N–H and O–H groups in total. The van der Waals surface area contributed by atoms with Gasteiger partial charge in [0.15, 0.2) is 0 Å². The molecule has 6 nitrogen and oxygen atoms in total. The van der Waals surface area contributed by atoms with Gasteiger partial charge in [0, 0.05) is 23.5 Å². The van der Waals surface area contributed by atoms with Crippen LogP contribution in [-0.2, 0) is 0 Å². The Bertz CT molecular complexity index is 1470. The van der Waals surface area contributed by atoms with Crippen molar-refractivity contribution in [1.29, 1.82) is 0 Å². The van der Waals surface area contributed by atoms with Crippen LogP contribution in [0.25, 0.3) is 28.0 Å². The van der Waals surface area contributed by atoms with Crippen LogP contribution in [0.4, 0.5) is 21.8 Å². The zero-order chi connectivity index (χ0) is 24.3. The van der Waals surface area contributed by atoms with E-state index in [4.69, 9.17) is 10.1 Å². The monoisotopic (exact) mass is 478 g/mol. The van der Waals surface area contributed by atoms with E-state index >= 15 is 0 Å². The van der Waals surface area contributed by atoms with E-state index < -0.39 is 0 Å². The second-order valence-corrected chi connectivity index (χ2v) is 9.17. The smallest absolute Gasteiger partial charge is 0.223 e. The van der Waals surface area contributed by atoms with Crippen molar-refractivity contribution in [3.05, 3.63) is 90.9 Å². The van der Waals surface area contributed by atoms with Gasteiger partial charge in [-0.2, -0.15) is 5.10 Å². The minimum atomic E-state index is -0.281. The van der Waals surface area contributed by atoms with Gasteiger partial charge in [-0.25, -0.2) is 18.9 Å². The van der Waals surface area contributed by atoms with E-state index in [0.29, 0.717) is 12.0 Å². The Morgan fingerprint density at radius 2 is 1.64 bits per heavy atom. The summed E-state index contributed by atoms with van der Waals surface area (Å²) in [7, 11) is 0. The Morgan fingerprint density at radius 3 is 2.44 bits per heavy atom. The molecular formula is C29H27FN6. The number of nitrogens with zero attached hydrogens (tertiary/aromatic N) is 4. The molecule has 0 aliphatic heterocycles. The van der Waals surface area contributed by atoms with Gasteiger partial charge in [0.05, 0.1) is 16.8 Å². The number of aromatic nitrogens is 4. The SMILES string of the molecule is Fc1ccc(-c2nn3c(Nc4ccccc4)cccc3c2-c2ccnc(NC3CCCCC3)n2)cc1. The van der Waals surface area contributed by atoms with Crippen LogP contribution in [0.1, 0.15) is 32.1 Å². The second kappa shape index (κ2) is 9.77. The number of benzene rings is 2. The highest BCUT2D eigenvalue weighted by Crippen LogP contribution is 2.36. The molecule has 1 saturated carbocycles. The predicted octanol–water partition coefficient (Wildman–Crippen LogP) is 7.09. The van der Waals surface area contributed by atoms with Crippen molar-refractivity contribution in [2.24, 2.45) is 0 Å². The summed E-state index contributed by atoms with van der Waals surface area (Å²) in [5.74, 6) is 1.17. The first-order valence-corrected chi connectivity index (χ1v) is 12.4. The molecule has 180 valence electrons. The number of fused-ring (bicyclic) bond motifs is 1. The maximum atomic E-state index is 13.7. The fourth-order valence-corrected chi connectivity index (χ4v) is 4.89. The number of anilines is 3. The molecule has 7 heteroatoms. The van der Waals surface area contributed by atoms with E-state index in [-0.39, 0.29) is 5.82 Å². The standard InChI is InChI=1S/C29H27FN6/c30-21-16-14-20(15-17-21)28-27(24-18-19-31-29(34-24)33-23-10-5-2-6-11-23)25-12-7-13-26(36(25)35-28)32-22-8-3-1-4-9-22/h1,3-4,7-9,12-19,23,32H,2,5-6,10-11H2,(H,31,33,34). The molecule has 1 fully saturated rings. The van der Waals surface area contributed by atoms with Crippen molar-refractivity contribution in [1.82, 2.24) is 19.6 Å². The molecule has 0 radical (unpaired) electrons. The Kier molecular flexibility index (Phi) is 6.03. The van der Waals surface area contributed by atoms with Crippen LogP contribution in [0.5, 0.6) is 0 Å². The number of halogens is 1. The lowest BCUT2D eigenvalue weighted by Crippen LogP contribution is -2.23. The van der Waals surface area contributed by atoms with Gasteiger partial charge >= 0.3 is 0 Å². The Labute approximate surface area is 209 Å². The van der Waals surface area contributed by atoms with Gasteiger partial charge in [-0.15, -0.1) is 0 Å². The topological polar surface area (TPSA) is 67.1 Å². The van der Waals surface area contributed by atoms with Gasteiger partial charge in [0.1, 0.15) is 17.3 Å². The van der Waals surface area contributed by atoms with Crippen molar-refractivity contribution >= 4 is 23.0 Å². The Balaban J connectivity index is 1.47. The molecule has 1 aliphatic carbocycles. The molecule has 0 atom stereocenters. The van der Waals surface area contributed by atoms with Gasteiger partial charge < -0.3 is 10.6 Å².